The molecule has 1 fully saturated rings. The maximum Gasteiger partial charge on any atom is 0.128 e. The fraction of sp³-hybridized carbons (Fsp3) is 0.407. The van der Waals surface area contributed by atoms with Crippen LogP contribution in [0.5, 0.6) is 0 Å². The number of aromatic amines is 1. The maximum absolute atomic E-state index is 6.31. The van der Waals surface area contributed by atoms with Crippen LogP contribution in [0, 0.1) is 5.92 Å². The van der Waals surface area contributed by atoms with Crippen LogP contribution in [0.1, 0.15) is 59.1 Å². The van der Waals surface area contributed by atoms with E-state index in [-0.39, 0.29) is 0 Å². The van der Waals surface area contributed by atoms with Gasteiger partial charge in [0.1, 0.15) is 5.84 Å². The normalized spacial score (nSPS) is 17.3. The highest BCUT2D eigenvalue weighted by Crippen LogP contribution is 2.28. The second-order valence-electron chi connectivity index (χ2n) is 8.57. The number of aliphatic imine (C=N–C) groups is 2. The number of benzene rings is 1. The Labute approximate surface area is 192 Å². The quantitative estimate of drug-likeness (QED) is 0.382. The first-order valence-electron chi connectivity index (χ1n) is 11.7. The third-order valence-electron chi connectivity index (χ3n) is 6.25. The van der Waals surface area contributed by atoms with Gasteiger partial charge in [-0.3, -0.25) is 4.99 Å². The summed E-state index contributed by atoms with van der Waals surface area (Å²) in [6.07, 6.45) is 8.01. The van der Waals surface area contributed by atoms with E-state index >= 15 is 0 Å². The van der Waals surface area contributed by atoms with Gasteiger partial charge in [-0.25, -0.2) is 4.99 Å². The molecule has 0 aliphatic carbocycles. The van der Waals surface area contributed by atoms with Gasteiger partial charge in [0.05, 0.1) is 11.4 Å². The first kappa shape index (κ1) is 23.6. The molecule has 32 heavy (non-hydrogen) atoms. The van der Waals surface area contributed by atoms with Gasteiger partial charge in [-0.05, 0) is 52.2 Å². The molecule has 0 radical (unpaired) electrons. The Morgan fingerprint density at radius 3 is 2.62 bits per heavy atom. The summed E-state index contributed by atoms with van der Waals surface area (Å²) in [6.45, 7) is 14.6. The summed E-state index contributed by atoms with van der Waals surface area (Å²) in [5, 5.41) is 1.16. The number of H-pyrrole nitrogens is 1. The van der Waals surface area contributed by atoms with Gasteiger partial charge < -0.3 is 15.6 Å². The van der Waals surface area contributed by atoms with Gasteiger partial charge in [-0.1, -0.05) is 44.2 Å². The summed E-state index contributed by atoms with van der Waals surface area (Å²) in [7, 11) is 0. The number of para-hydroxylation sites is 1. The number of rotatable bonds is 8. The van der Waals surface area contributed by atoms with Gasteiger partial charge in [0, 0.05) is 53.1 Å². The van der Waals surface area contributed by atoms with Gasteiger partial charge in [-0.15, -0.1) is 0 Å². The number of allylic oxidation sites excluding steroid dienone is 2. The number of nitrogens with two attached hydrogens (primary N) is 1. The van der Waals surface area contributed by atoms with Gasteiger partial charge >= 0.3 is 0 Å². The molecule has 1 aliphatic rings. The van der Waals surface area contributed by atoms with E-state index in [1.54, 1.807) is 6.20 Å². The van der Waals surface area contributed by atoms with E-state index in [4.69, 9.17) is 10.7 Å². The van der Waals surface area contributed by atoms with Crippen molar-refractivity contribution < 1.29 is 0 Å². The number of piperidine rings is 1. The van der Waals surface area contributed by atoms with Gasteiger partial charge in [0.2, 0.25) is 0 Å². The smallest absolute Gasteiger partial charge is 0.128 e. The molecule has 1 aliphatic heterocycles. The molecule has 0 bridgehead atoms. The number of hydrogen-bond acceptors (Lipinski definition) is 3. The zero-order valence-corrected chi connectivity index (χ0v) is 20.0. The highest BCUT2D eigenvalue weighted by atomic mass is 15.1. The maximum atomic E-state index is 6.31. The van der Waals surface area contributed by atoms with E-state index in [0.29, 0.717) is 11.8 Å². The second-order valence-corrected chi connectivity index (χ2v) is 8.57. The van der Waals surface area contributed by atoms with E-state index in [0.717, 1.165) is 72.4 Å². The Morgan fingerprint density at radius 2 is 1.97 bits per heavy atom. The molecule has 1 saturated heterocycles. The Balaban J connectivity index is 1.92. The van der Waals surface area contributed by atoms with Crippen LogP contribution in [0.3, 0.4) is 0 Å². The predicted molar refractivity (Wildman–Crippen MR) is 139 cm³/mol. The molecular weight excluding hydrogens is 394 g/mol. The average molecular weight is 432 g/mol. The van der Waals surface area contributed by atoms with Crippen LogP contribution in [0.25, 0.3) is 16.6 Å². The molecule has 3 rings (SSSR count). The molecular formula is C27H37N5. The lowest BCUT2D eigenvalue weighted by Gasteiger charge is -2.35. The summed E-state index contributed by atoms with van der Waals surface area (Å²) in [5.41, 5.74) is 12.5. The molecule has 5 heteroatoms. The molecule has 2 heterocycles. The monoisotopic (exact) mass is 431 g/mol. The zero-order valence-electron chi connectivity index (χ0n) is 20.0. The standard InChI is InChI=1S/C27H37N5/c1-6-10-19(3)32-16-13-22(14-17-32)21(5)30-26(20(4)27(28)29-15-7-2)25-18-23-11-8-9-12-24(23)31-25/h7-9,11-12,15,18,22,31H,3,6,10,13-14,16-17H2,1-2,4-5H3,(H2,28,29)/b15-7-,26-20+,30-21?. The van der Waals surface area contributed by atoms with Crippen LogP contribution in [0.4, 0.5) is 0 Å². The third kappa shape index (κ3) is 5.58. The molecule has 0 saturated carbocycles. The number of fused-ring (bicyclic) bond motifs is 1. The van der Waals surface area contributed by atoms with Crippen molar-refractivity contribution in [1.82, 2.24) is 9.88 Å². The van der Waals surface area contributed by atoms with Crippen molar-refractivity contribution in [2.24, 2.45) is 21.6 Å². The van der Waals surface area contributed by atoms with E-state index in [1.807, 2.05) is 32.1 Å². The lowest BCUT2D eigenvalue weighted by atomic mass is 9.92. The van der Waals surface area contributed by atoms with Crippen molar-refractivity contribution in [2.45, 2.75) is 53.4 Å². The molecule has 0 atom stereocenters. The topological polar surface area (TPSA) is 69.8 Å². The fourth-order valence-electron chi connectivity index (χ4n) is 4.25. The number of amidine groups is 1. The molecule has 3 N–H and O–H groups in total. The highest BCUT2D eigenvalue weighted by Gasteiger charge is 2.23. The molecule has 170 valence electrons. The van der Waals surface area contributed by atoms with Crippen LogP contribution in [-0.2, 0) is 0 Å². The first-order valence-corrected chi connectivity index (χ1v) is 11.7. The Kier molecular flexibility index (Phi) is 8.09. The van der Waals surface area contributed by atoms with Crippen molar-refractivity contribution in [2.75, 3.05) is 13.1 Å². The second kappa shape index (κ2) is 11.0. The van der Waals surface area contributed by atoms with E-state index < -0.39 is 0 Å². The zero-order chi connectivity index (χ0) is 23.1. The lowest BCUT2D eigenvalue weighted by molar-refractivity contribution is 0.253. The van der Waals surface area contributed by atoms with E-state index in [1.165, 1.54) is 5.70 Å². The molecule has 0 unspecified atom stereocenters. The lowest BCUT2D eigenvalue weighted by Crippen LogP contribution is -2.35. The van der Waals surface area contributed by atoms with Crippen LogP contribution >= 0.6 is 0 Å². The largest absolute Gasteiger partial charge is 0.383 e. The SMILES string of the molecule is C=C(CCC)N1CCC(C(C)=N/C(=C(C)/C(N)=N/C=C\C)c2cc3ccccc3[nH]2)CC1. The van der Waals surface area contributed by atoms with Gasteiger partial charge in [-0.2, -0.15) is 0 Å². The summed E-state index contributed by atoms with van der Waals surface area (Å²) >= 11 is 0. The third-order valence-corrected chi connectivity index (χ3v) is 6.25. The van der Waals surface area contributed by atoms with Gasteiger partial charge in [0.15, 0.2) is 0 Å². The molecule has 0 spiro atoms. The molecule has 2 aromatic rings. The van der Waals surface area contributed by atoms with E-state index in [2.05, 4.69) is 53.5 Å². The highest BCUT2D eigenvalue weighted by molar-refractivity contribution is 6.05. The molecule has 5 nitrogen and oxygen atoms in total. The van der Waals surface area contributed by atoms with Crippen molar-refractivity contribution >= 4 is 28.1 Å². The minimum Gasteiger partial charge on any atom is -0.383 e. The molecule has 0 amide bonds. The fourth-order valence-corrected chi connectivity index (χ4v) is 4.25. The number of likely N-dealkylation sites (tertiary alicyclic amines) is 1. The number of nitrogens with zero attached hydrogens (tertiary/aromatic N) is 3. The summed E-state index contributed by atoms with van der Waals surface area (Å²) < 4.78 is 0. The van der Waals surface area contributed by atoms with Crippen molar-refractivity contribution in [1.29, 1.82) is 0 Å². The van der Waals surface area contributed by atoms with Crippen LogP contribution < -0.4 is 5.73 Å². The minimum atomic E-state index is 0.460. The van der Waals surface area contributed by atoms with E-state index in [9.17, 15) is 0 Å². The Bertz CT molecular complexity index is 1030. The first-order chi connectivity index (χ1) is 15.4. The number of aromatic nitrogens is 1. The van der Waals surface area contributed by atoms with Crippen LogP contribution in [-0.4, -0.2) is 34.5 Å². The van der Waals surface area contributed by atoms with Crippen molar-refractivity contribution in [3.8, 4) is 0 Å². The van der Waals surface area contributed by atoms with Crippen LogP contribution in [0.15, 0.2) is 70.4 Å². The summed E-state index contributed by atoms with van der Waals surface area (Å²) in [5.74, 6) is 0.945. The number of nitrogens with one attached hydrogen (secondary N) is 1. The predicted octanol–water partition coefficient (Wildman–Crippen LogP) is 6.28. The van der Waals surface area contributed by atoms with Crippen molar-refractivity contribution in [3.05, 3.63) is 66.2 Å². The van der Waals surface area contributed by atoms with Crippen LogP contribution in [0.2, 0.25) is 0 Å². The minimum absolute atomic E-state index is 0.460. The summed E-state index contributed by atoms with van der Waals surface area (Å²) in [4.78, 5) is 15.5. The Hall–Kier alpha value is -3.08. The Morgan fingerprint density at radius 1 is 1.25 bits per heavy atom. The average Bonchev–Trinajstić information content (AvgIpc) is 3.24. The van der Waals surface area contributed by atoms with Crippen molar-refractivity contribution in [3.63, 3.8) is 0 Å². The molecule has 1 aromatic heterocycles. The summed E-state index contributed by atoms with van der Waals surface area (Å²) in [6, 6.07) is 10.4. The van der Waals surface area contributed by atoms with Gasteiger partial charge in [0.25, 0.3) is 0 Å². The molecule has 1 aromatic carbocycles. The number of hydrogen-bond donors (Lipinski definition) is 2.